The zero-order chi connectivity index (χ0) is 19.8. The lowest BCUT2D eigenvalue weighted by atomic mass is 9.89. The minimum absolute atomic E-state index is 0.00380. The van der Waals surface area contributed by atoms with Crippen LogP contribution in [0.5, 0.6) is 0 Å². The molecule has 1 unspecified atom stereocenters. The van der Waals surface area contributed by atoms with Gasteiger partial charge < -0.3 is 19.6 Å². The molecule has 4 rings (SSSR count). The van der Waals surface area contributed by atoms with E-state index >= 15 is 0 Å². The van der Waals surface area contributed by atoms with Crippen molar-refractivity contribution in [3.8, 4) is 0 Å². The maximum absolute atomic E-state index is 13.7. The average molecular weight is 386 g/mol. The molecule has 3 heterocycles. The van der Waals surface area contributed by atoms with Crippen LogP contribution in [0.25, 0.3) is 0 Å². The predicted octanol–water partition coefficient (Wildman–Crippen LogP) is 2.13. The maximum atomic E-state index is 13.7. The molecule has 0 saturated carbocycles. The number of piperidine rings is 1. The number of nitrogens with zero attached hydrogens (tertiary/aromatic N) is 2. The lowest BCUT2D eigenvalue weighted by Crippen LogP contribution is -2.59. The van der Waals surface area contributed by atoms with Crippen LogP contribution in [0.15, 0.2) is 30.3 Å². The second kappa shape index (κ2) is 7.84. The molecule has 0 spiro atoms. The standard InChI is InChI=1S/C22H30N2O4/c1-14(2)23-19(26)13-28-21(20(23)16-6-4-3-5-7-16)22(27)24-17-8-9-18(24)11-15(10-17)12-25/h3-7,14-15,17-18,20-21,25H,8-13H2,1-2H3/t15?,17-,18+,20-,21+/m1/s1. The van der Waals surface area contributed by atoms with Crippen molar-refractivity contribution in [1.29, 1.82) is 0 Å². The summed E-state index contributed by atoms with van der Waals surface area (Å²) in [7, 11) is 0. The topological polar surface area (TPSA) is 70.1 Å². The third kappa shape index (κ3) is 3.33. The number of morpholine rings is 1. The van der Waals surface area contributed by atoms with Crippen LogP contribution in [0, 0.1) is 5.92 Å². The van der Waals surface area contributed by atoms with Crippen molar-refractivity contribution >= 4 is 11.8 Å². The predicted molar refractivity (Wildman–Crippen MR) is 104 cm³/mol. The first-order chi connectivity index (χ1) is 13.5. The van der Waals surface area contributed by atoms with Gasteiger partial charge in [0.15, 0.2) is 6.10 Å². The highest BCUT2D eigenvalue weighted by atomic mass is 16.5. The summed E-state index contributed by atoms with van der Waals surface area (Å²) in [5.41, 5.74) is 0.931. The van der Waals surface area contributed by atoms with E-state index in [0.29, 0.717) is 0 Å². The van der Waals surface area contributed by atoms with Crippen LogP contribution < -0.4 is 0 Å². The van der Waals surface area contributed by atoms with Gasteiger partial charge in [-0.1, -0.05) is 30.3 Å². The minimum Gasteiger partial charge on any atom is -0.396 e. The van der Waals surface area contributed by atoms with Gasteiger partial charge in [0.05, 0.1) is 6.04 Å². The van der Waals surface area contributed by atoms with E-state index in [9.17, 15) is 14.7 Å². The van der Waals surface area contributed by atoms with Gasteiger partial charge in [-0.25, -0.2) is 0 Å². The lowest BCUT2D eigenvalue weighted by molar-refractivity contribution is -0.174. The van der Waals surface area contributed by atoms with Crippen LogP contribution in [0.1, 0.15) is 51.1 Å². The third-order valence-corrected chi connectivity index (χ3v) is 6.55. The van der Waals surface area contributed by atoms with E-state index in [2.05, 4.69) is 0 Å². The first-order valence-corrected chi connectivity index (χ1v) is 10.4. The number of rotatable bonds is 4. The van der Waals surface area contributed by atoms with Gasteiger partial charge >= 0.3 is 0 Å². The zero-order valence-electron chi connectivity index (χ0n) is 16.7. The second-order valence-corrected chi connectivity index (χ2v) is 8.63. The fourth-order valence-corrected chi connectivity index (χ4v) is 5.37. The Balaban J connectivity index is 1.65. The average Bonchev–Trinajstić information content (AvgIpc) is 2.97. The van der Waals surface area contributed by atoms with Crippen molar-refractivity contribution in [2.75, 3.05) is 13.2 Å². The molecule has 1 N–H and O–H groups in total. The van der Waals surface area contributed by atoms with Gasteiger partial charge in [0.25, 0.3) is 5.91 Å². The van der Waals surface area contributed by atoms with Crippen molar-refractivity contribution in [3.05, 3.63) is 35.9 Å². The summed E-state index contributed by atoms with van der Waals surface area (Å²) in [6.45, 7) is 4.10. The molecule has 1 aromatic rings. The third-order valence-electron chi connectivity index (χ3n) is 6.55. The van der Waals surface area contributed by atoms with E-state index < -0.39 is 12.1 Å². The fraction of sp³-hybridized carbons (Fsp3) is 0.636. The van der Waals surface area contributed by atoms with Crippen molar-refractivity contribution < 1.29 is 19.4 Å². The van der Waals surface area contributed by atoms with Crippen molar-refractivity contribution in [2.24, 2.45) is 5.92 Å². The Morgan fingerprint density at radius 3 is 2.39 bits per heavy atom. The molecule has 2 amide bonds. The number of ether oxygens (including phenoxy) is 1. The SMILES string of the molecule is CC(C)N1C(=O)CO[C@H](C(=O)N2[C@@H]3CC[C@H]2CC(CO)C3)[C@H]1c1ccccc1. The molecule has 2 bridgehead atoms. The van der Waals surface area contributed by atoms with E-state index in [1.807, 2.05) is 54.0 Å². The second-order valence-electron chi connectivity index (χ2n) is 8.63. The number of aliphatic hydroxyl groups excluding tert-OH is 1. The summed E-state index contributed by atoms with van der Waals surface area (Å²) in [4.78, 5) is 30.1. The zero-order valence-corrected chi connectivity index (χ0v) is 16.7. The number of carbonyl (C=O) groups is 2. The number of carbonyl (C=O) groups excluding carboxylic acids is 2. The summed E-state index contributed by atoms with van der Waals surface area (Å²) in [5.74, 6) is 0.207. The highest BCUT2D eigenvalue weighted by molar-refractivity contribution is 5.87. The van der Waals surface area contributed by atoms with Crippen LogP contribution in [0.2, 0.25) is 0 Å². The van der Waals surface area contributed by atoms with Crippen LogP contribution >= 0.6 is 0 Å². The summed E-state index contributed by atoms with van der Waals surface area (Å²) in [6.07, 6.45) is 3.00. The van der Waals surface area contributed by atoms with Gasteiger partial charge in [-0.3, -0.25) is 9.59 Å². The Hall–Kier alpha value is -1.92. The maximum Gasteiger partial charge on any atom is 0.254 e. The molecule has 3 fully saturated rings. The molecule has 3 aliphatic rings. The first kappa shape index (κ1) is 19.4. The van der Waals surface area contributed by atoms with Gasteiger partial charge in [0.2, 0.25) is 5.91 Å². The van der Waals surface area contributed by atoms with Gasteiger partial charge in [-0.15, -0.1) is 0 Å². The highest BCUT2D eigenvalue weighted by Crippen LogP contribution is 2.41. The molecule has 28 heavy (non-hydrogen) atoms. The van der Waals surface area contributed by atoms with E-state index in [0.717, 1.165) is 31.2 Å². The number of benzene rings is 1. The normalized spacial score (nSPS) is 32.9. The van der Waals surface area contributed by atoms with E-state index in [4.69, 9.17) is 4.74 Å². The smallest absolute Gasteiger partial charge is 0.254 e. The largest absolute Gasteiger partial charge is 0.396 e. The Morgan fingerprint density at radius 2 is 1.82 bits per heavy atom. The molecule has 0 aliphatic carbocycles. The van der Waals surface area contributed by atoms with E-state index in [1.54, 1.807) is 0 Å². The van der Waals surface area contributed by atoms with Gasteiger partial charge in [0.1, 0.15) is 6.61 Å². The Bertz CT molecular complexity index is 709. The van der Waals surface area contributed by atoms with E-state index in [1.165, 1.54) is 0 Å². The van der Waals surface area contributed by atoms with Crippen LogP contribution in [-0.2, 0) is 14.3 Å². The Morgan fingerprint density at radius 1 is 1.18 bits per heavy atom. The summed E-state index contributed by atoms with van der Waals surface area (Å²) < 4.78 is 5.90. The summed E-state index contributed by atoms with van der Waals surface area (Å²) >= 11 is 0. The molecular formula is C22H30N2O4. The van der Waals surface area contributed by atoms with Gasteiger partial charge in [-0.2, -0.15) is 0 Å². The molecule has 1 aromatic carbocycles. The number of hydrogen-bond acceptors (Lipinski definition) is 4. The molecule has 6 heteroatoms. The van der Waals surface area contributed by atoms with Crippen molar-refractivity contribution in [1.82, 2.24) is 9.80 Å². The molecule has 0 radical (unpaired) electrons. The van der Waals surface area contributed by atoms with Crippen LogP contribution in [0.3, 0.4) is 0 Å². The lowest BCUT2D eigenvalue weighted by Gasteiger charge is -2.46. The number of aliphatic hydroxyl groups is 1. The molecule has 3 aliphatic heterocycles. The van der Waals surface area contributed by atoms with Crippen LogP contribution in [0.4, 0.5) is 0 Å². The van der Waals surface area contributed by atoms with Gasteiger partial charge in [-0.05, 0) is 51.0 Å². The number of fused-ring (bicyclic) bond motifs is 2. The van der Waals surface area contributed by atoms with Crippen molar-refractivity contribution in [3.63, 3.8) is 0 Å². The van der Waals surface area contributed by atoms with E-state index in [-0.39, 0.29) is 49.1 Å². The number of amides is 2. The monoisotopic (exact) mass is 386 g/mol. The quantitative estimate of drug-likeness (QED) is 0.861. The molecule has 3 saturated heterocycles. The Labute approximate surface area is 166 Å². The fourth-order valence-electron chi connectivity index (χ4n) is 5.37. The van der Waals surface area contributed by atoms with Crippen molar-refractivity contribution in [2.45, 2.75) is 69.8 Å². The molecule has 0 aromatic heterocycles. The molecule has 152 valence electrons. The minimum atomic E-state index is -0.684. The Kier molecular flexibility index (Phi) is 5.43. The molecule has 5 atom stereocenters. The molecular weight excluding hydrogens is 356 g/mol. The van der Waals surface area contributed by atoms with Gasteiger partial charge in [0, 0.05) is 24.7 Å². The molecule has 6 nitrogen and oxygen atoms in total. The summed E-state index contributed by atoms with van der Waals surface area (Å²) in [6, 6.07) is 9.66. The van der Waals surface area contributed by atoms with Crippen LogP contribution in [-0.4, -0.2) is 64.2 Å². The summed E-state index contributed by atoms with van der Waals surface area (Å²) in [5, 5.41) is 9.57. The number of hydrogen-bond donors (Lipinski definition) is 1. The highest BCUT2D eigenvalue weighted by Gasteiger charge is 2.50. The first-order valence-electron chi connectivity index (χ1n) is 10.4.